The molecule has 2 aromatic carbocycles. The number of amides is 1. The number of methoxy groups -OCH3 is 1. The summed E-state index contributed by atoms with van der Waals surface area (Å²) in [5.74, 6) is -0.240. The summed E-state index contributed by atoms with van der Waals surface area (Å²) in [5.41, 5.74) is -0.237. The number of non-ortho nitro benzene ring substituents is 1. The third-order valence-electron chi connectivity index (χ3n) is 3.63. The number of halogens is 1. The van der Waals surface area contributed by atoms with E-state index in [0.717, 1.165) is 6.07 Å². The van der Waals surface area contributed by atoms with Crippen molar-refractivity contribution in [2.45, 2.75) is 0 Å². The van der Waals surface area contributed by atoms with Crippen LogP contribution < -0.4 is 15.6 Å². The second kappa shape index (κ2) is 6.85. The minimum Gasteiger partial charge on any atom is -0.493 e. The first-order chi connectivity index (χ1) is 12.4. The van der Waals surface area contributed by atoms with E-state index in [1.165, 1.54) is 25.3 Å². The summed E-state index contributed by atoms with van der Waals surface area (Å²) in [6, 6.07) is 10.3. The molecule has 8 nitrogen and oxygen atoms in total. The average molecular weight is 374 g/mol. The molecule has 1 heterocycles. The number of nitrogens with zero attached hydrogens (tertiary/aromatic N) is 1. The van der Waals surface area contributed by atoms with Crippen LogP contribution in [0.25, 0.3) is 11.0 Å². The first-order valence-electron chi connectivity index (χ1n) is 7.31. The van der Waals surface area contributed by atoms with Crippen molar-refractivity contribution < 1.29 is 18.9 Å². The average Bonchev–Trinajstić information content (AvgIpc) is 2.62. The summed E-state index contributed by atoms with van der Waals surface area (Å²) in [7, 11) is 1.47. The highest BCUT2D eigenvalue weighted by Gasteiger charge is 2.17. The lowest BCUT2D eigenvalue weighted by Crippen LogP contribution is -2.21. The molecule has 0 spiro atoms. The molecule has 9 heteroatoms. The van der Waals surface area contributed by atoms with Crippen LogP contribution in [0.5, 0.6) is 5.75 Å². The van der Waals surface area contributed by atoms with Gasteiger partial charge in [0.05, 0.1) is 22.7 Å². The van der Waals surface area contributed by atoms with Crippen molar-refractivity contribution in [3.8, 4) is 5.75 Å². The van der Waals surface area contributed by atoms with Crippen LogP contribution in [0, 0.1) is 15.5 Å². The standard InChI is InChI=1S/C17H12ClN3O5/c1-25-14-4-2-3-9-7-11(16(19)26-15(9)14)17(22)20-13-8-10(21(23)24)5-6-12(13)18/h2-8,19H,1H3,(H,20,22). The van der Waals surface area contributed by atoms with E-state index in [-0.39, 0.29) is 27.5 Å². The zero-order valence-corrected chi connectivity index (χ0v) is 14.2. The van der Waals surface area contributed by atoms with Gasteiger partial charge in [0.1, 0.15) is 5.56 Å². The molecule has 0 saturated heterocycles. The highest BCUT2D eigenvalue weighted by molar-refractivity contribution is 6.34. The highest BCUT2D eigenvalue weighted by Crippen LogP contribution is 2.28. The lowest BCUT2D eigenvalue weighted by atomic mass is 10.1. The maximum absolute atomic E-state index is 12.5. The molecule has 0 saturated carbocycles. The van der Waals surface area contributed by atoms with Gasteiger partial charge in [-0.15, -0.1) is 0 Å². The van der Waals surface area contributed by atoms with Gasteiger partial charge < -0.3 is 14.5 Å². The number of para-hydroxylation sites is 1. The molecule has 0 aliphatic carbocycles. The fourth-order valence-corrected chi connectivity index (χ4v) is 2.54. The Kier molecular flexibility index (Phi) is 4.59. The zero-order chi connectivity index (χ0) is 18.8. The van der Waals surface area contributed by atoms with Crippen LogP contribution in [0.4, 0.5) is 11.4 Å². The van der Waals surface area contributed by atoms with Crippen LogP contribution in [0.1, 0.15) is 10.4 Å². The second-order valence-corrected chi connectivity index (χ2v) is 5.65. The number of benzene rings is 2. The summed E-state index contributed by atoms with van der Waals surface area (Å²) in [4.78, 5) is 22.8. The maximum Gasteiger partial charge on any atom is 0.271 e. The first-order valence-corrected chi connectivity index (χ1v) is 7.69. The Hall–Kier alpha value is -3.39. The van der Waals surface area contributed by atoms with Gasteiger partial charge in [0.25, 0.3) is 11.6 Å². The van der Waals surface area contributed by atoms with E-state index in [1.807, 2.05) is 0 Å². The Labute approximate surface area is 151 Å². The molecule has 0 atom stereocenters. The smallest absolute Gasteiger partial charge is 0.271 e. The third-order valence-corrected chi connectivity index (χ3v) is 3.96. The van der Waals surface area contributed by atoms with Gasteiger partial charge in [-0.1, -0.05) is 23.7 Å². The molecule has 26 heavy (non-hydrogen) atoms. The van der Waals surface area contributed by atoms with Crippen molar-refractivity contribution in [2.24, 2.45) is 0 Å². The van der Waals surface area contributed by atoms with E-state index < -0.39 is 10.8 Å². The molecule has 2 N–H and O–H groups in total. The predicted octanol–water partition coefficient (Wildman–Crippen LogP) is 3.73. The molecule has 0 bridgehead atoms. The Morgan fingerprint density at radius 2 is 2.08 bits per heavy atom. The van der Waals surface area contributed by atoms with Crippen LogP contribution in [0.3, 0.4) is 0 Å². The minimum absolute atomic E-state index is 0.0478. The largest absolute Gasteiger partial charge is 0.493 e. The van der Waals surface area contributed by atoms with E-state index in [4.69, 9.17) is 26.2 Å². The lowest BCUT2D eigenvalue weighted by Gasteiger charge is -2.09. The number of hydrogen-bond donors (Lipinski definition) is 2. The van der Waals surface area contributed by atoms with Gasteiger partial charge in [-0.3, -0.25) is 20.3 Å². The molecule has 0 fully saturated rings. The van der Waals surface area contributed by atoms with Gasteiger partial charge >= 0.3 is 0 Å². The number of nitro groups is 1. The third kappa shape index (κ3) is 3.22. The molecule has 0 aliphatic rings. The number of hydrogen-bond acceptors (Lipinski definition) is 6. The number of carbonyl (C=O) groups is 1. The molecule has 0 radical (unpaired) electrons. The van der Waals surface area contributed by atoms with Gasteiger partial charge in [-0.05, 0) is 18.2 Å². The highest BCUT2D eigenvalue weighted by atomic mass is 35.5. The van der Waals surface area contributed by atoms with Crippen LogP contribution >= 0.6 is 11.6 Å². The molecule has 3 aromatic rings. The lowest BCUT2D eigenvalue weighted by molar-refractivity contribution is -0.384. The van der Waals surface area contributed by atoms with E-state index in [2.05, 4.69) is 5.32 Å². The number of nitro benzene ring substituents is 1. The van der Waals surface area contributed by atoms with Crippen molar-refractivity contribution in [1.29, 1.82) is 5.41 Å². The monoisotopic (exact) mass is 373 g/mol. The minimum atomic E-state index is -0.675. The summed E-state index contributed by atoms with van der Waals surface area (Å²) in [6.45, 7) is 0. The van der Waals surface area contributed by atoms with Crippen LogP contribution in [0.15, 0.2) is 46.9 Å². The number of rotatable bonds is 4. The topological polar surface area (TPSA) is 118 Å². The van der Waals surface area contributed by atoms with Gasteiger partial charge in [0, 0.05) is 17.5 Å². The van der Waals surface area contributed by atoms with Gasteiger partial charge in [-0.25, -0.2) is 0 Å². The normalized spacial score (nSPS) is 10.5. The van der Waals surface area contributed by atoms with Gasteiger partial charge in [-0.2, -0.15) is 0 Å². The van der Waals surface area contributed by atoms with E-state index in [0.29, 0.717) is 16.7 Å². The zero-order valence-electron chi connectivity index (χ0n) is 13.4. The fourth-order valence-electron chi connectivity index (χ4n) is 2.38. The first kappa shape index (κ1) is 17.4. The molecular weight excluding hydrogens is 362 g/mol. The number of anilines is 1. The van der Waals surface area contributed by atoms with Crippen LogP contribution in [0.2, 0.25) is 5.02 Å². The van der Waals surface area contributed by atoms with E-state index in [1.54, 1.807) is 18.2 Å². The quantitative estimate of drug-likeness (QED) is 0.533. The number of fused-ring (bicyclic) bond motifs is 1. The summed E-state index contributed by atoms with van der Waals surface area (Å²) in [6.07, 6.45) is 0. The number of nitrogens with one attached hydrogen (secondary N) is 2. The Morgan fingerprint density at radius 3 is 2.77 bits per heavy atom. The van der Waals surface area contributed by atoms with Crippen molar-refractivity contribution in [3.63, 3.8) is 0 Å². The summed E-state index contributed by atoms with van der Waals surface area (Å²) in [5, 5.41) is 22.0. The van der Waals surface area contributed by atoms with E-state index in [9.17, 15) is 14.9 Å². The van der Waals surface area contributed by atoms with Gasteiger partial charge in [0.2, 0.25) is 5.55 Å². The SMILES string of the molecule is COc1cccc2cc(C(=O)Nc3cc([N+](=O)[O-])ccc3Cl)c(=N)oc12. The molecule has 0 aliphatic heterocycles. The Morgan fingerprint density at radius 1 is 1.31 bits per heavy atom. The fraction of sp³-hybridized carbons (Fsp3) is 0.0588. The van der Waals surface area contributed by atoms with Crippen molar-refractivity contribution in [1.82, 2.24) is 0 Å². The van der Waals surface area contributed by atoms with Crippen LogP contribution in [-0.2, 0) is 0 Å². The molecular formula is C17H12ClN3O5. The molecule has 3 rings (SSSR count). The van der Waals surface area contributed by atoms with E-state index >= 15 is 0 Å². The predicted molar refractivity (Wildman–Crippen MR) is 94.7 cm³/mol. The second-order valence-electron chi connectivity index (χ2n) is 5.24. The molecule has 0 unspecified atom stereocenters. The molecule has 1 amide bonds. The summed E-state index contributed by atoms with van der Waals surface area (Å²) >= 11 is 5.98. The maximum atomic E-state index is 12.5. The van der Waals surface area contributed by atoms with Crippen molar-refractivity contribution in [2.75, 3.05) is 12.4 Å². The summed E-state index contributed by atoms with van der Waals surface area (Å²) < 4.78 is 10.6. The van der Waals surface area contributed by atoms with Crippen molar-refractivity contribution >= 4 is 39.9 Å². The number of carbonyl (C=O) groups excluding carboxylic acids is 1. The molecule has 132 valence electrons. The van der Waals surface area contributed by atoms with Crippen LogP contribution in [-0.4, -0.2) is 17.9 Å². The number of ether oxygens (including phenoxy) is 1. The van der Waals surface area contributed by atoms with Gasteiger partial charge in [0.15, 0.2) is 11.3 Å². The Bertz CT molecular complexity index is 1090. The van der Waals surface area contributed by atoms with Crippen molar-refractivity contribution in [3.05, 3.63) is 68.7 Å². The molecule has 1 aromatic heterocycles. The Balaban J connectivity index is 2.01.